The first-order valence-corrected chi connectivity index (χ1v) is 8.97. The van der Waals surface area contributed by atoms with Crippen molar-refractivity contribution in [3.8, 4) is 0 Å². The van der Waals surface area contributed by atoms with Crippen LogP contribution in [0.2, 0.25) is 0 Å². The monoisotopic (exact) mass is 427 g/mol. The lowest BCUT2D eigenvalue weighted by Gasteiger charge is -2.25. The molecule has 27 heavy (non-hydrogen) atoms. The van der Waals surface area contributed by atoms with Crippen LogP contribution in [0.1, 0.15) is 16.8 Å². The van der Waals surface area contributed by atoms with Crippen molar-refractivity contribution in [1.29, 1.82) is 0 Å². The van der Waals surface area contributed by atoms with E-state index in [-0.39, 0.29) is 18.2 Å². The molecule has 1 aliphatic heterocycles. The lowest BCUT2D eigenvalue weighted by Crippen LogP contribution is -2.50. The van der Waals surface area contributed by atoms with Crippen LogP contribution in [0.4, 0.5) is 16.2 Å². The molecule has 8 nitrogen and oxygen atoms in total. The molecule has 9 heteroatoms. The van der Waals surface area contributed by atoms with Gasteiger partial charge in [0.2, 0.25) is 5.91 Å². The Hall–Kier alpha value is -3.20. The van der Waals surface area contributed by atoms with Gasteiger partial charge in [-0.15, -0.1) is 0 Å². The molecule has 3 heterocycles. The van der Waals surface area contributed by atoms with Crippen molar-refractivity contribution < 1.29 is 14.4 Å². The third-order valence-electron chi connectivity index (χ3n) is 4.17. The number of urea groups is 1. The van der Waals surface area contributed by atoms with Crippen LogP contribution in [0.25, 0.3) is 11.0 Å². The molecule has 0 atom stereocenters. The fourth-order valence-electron chi connectivity index (χ4n) is 2.93. The van der Waals surface area contributed by atoms with Crippen molar-refractivity contribution in [3.63, 3.8) is 0 Å². The first kappa shape index (κ1) is 17.2. The molecule has 1 aromatic carbocycles. The molecule has 0 spiro atoms. The Morgan fingerprint density at radius 2 is 2.11 bits per heavy atom. The minimum absolute atomic E-state index is 0.236. The number of carbonyl (C=O) groups is 3. The third-order valence-corrected chi connectivity index (χ3v) is 4.61. The Morgan fingerprint density at radius 1 is 1.26 bits per heavy atom. The molecule has 3 N–H and O–H groups in total. The molecule has 0 saturated carbocycles. The Morgan fingerprint density at radius 3 is 2.93 bits per heavy atom. The van der Waals surface area contributed by atoms with E-state index < -0.39 is 6.03 Å². The number of halogens is 1. The molecule has 3 aromatic rings. The van der Waals surface area contributed by atoms with Crippen LogP contribution in [0.15, 0.2) is 47.2 Å². The Labute approximate surface area is 162 Å². The second-order valence-electron chi connectivity index (χ2n) is 5.97. The molecule has 136 valence electrons. The van der Waals surface area contributed by atoms with Gasteiger partial charge >= 0.3 is 6.03 Å². The van der Waals surface area contributed by atoms with Crippen molar-refractivity contribution >= 4 is 56.2 Å². The molecular weight excluding hydrogens is 414 g/mol. The maximum Gasteiger partial charge on any atom is 0.328 e. The Bertz CT molecular complexity index is 1060. The van der Waals surface area contributed by atoms with Crippen molar-refractivity contribution in [2.45, 2.75) is 6.42 Å². The number of benzene rings is 1. The zero-order valence-corrected chi connectivity index (χ0v) is 15.5. The van der Waals surface area contributed by atoms with Gasteiger partial charge in [-0.2, -0.15) is 0 Å². The highest BCUT2D eigenvalue weighted by Crippen LogP contribution is 2.24. The number of aromatic amines is 1. The predicted molar refractivity (Wildman–Crippen MR) is 104 cm³/mol. The number of amides is 4. The van der Waals surface area contributed by atoms with Crippen LogP contribution in [0, 0.1) is 0 Å². The number of imide groups is 1. The number of aromatic nitrogens is 2. The first-order chi connectivity index (χ1) is 13.0. The van der Waals surface area contributed by atoms with Crippen molar-refractivity contribution in [2.75, 3.05) is 16.8 Å². The van der Waals surface area contributed by atoms with E-state index in [9.17, 15) is 14.4 Å². The summed E-state index contributed by atoms with van der Waals surface area (Å²) in [6, 6.07) is 7.93. The second kappa shape index (κ2) is 6.84. The zero-order valence-electron chi connectivity index (χ0n) is 14.0. The maximum absolute atomic E-state index is 12.7. The van der Waals surface area contributed by atoms with Gasteiger partial charge in [-0.25, -0.2) is 14.7 Å². The SMILES string of the molecule is O=C(Nc1cccc(N2C(=O)CCNC2=O)c1)c1c[nH]c2ncc(Br)cc12. The van der Waals surface area contributed by atoms with E-state index in [4.69, 9.17) is 0 Å². The number of H-pyrrole nitrogens is 1. The Kier molecular flexibility index (Phi) is 4.36. The number of rotatable bonds is 3. The normalized spacial score (nSPS) is 14.3. The number of carbonyl (C=O) groups excluding carboxylic acids is 3. The Balaban J connectivity index is 1.61. The van der Waals surface area contributed by atoms with E-state index in [2.05, 4.69) is 36.5 Å². The second-order valence-corrected chi connectivity index (χ2v) is 6.88. The highest BCUT2D eigenvalue weighted by atomic mass is 79.9. The summed E-state index contributed by atoms with van der Waals surface area (Å²) in [5, 5.41) is 6.11. The van der Waals surface area contributed by atoms with Gasteiger partial charge < -0.3 is 15.6 Å². The lowest BCUT2D eigenvalue weighted by atomic mass is 10.2. The number of anilines is 2. The molecule has 1 aliphatic rings. The number of hydrogen-bond acceptors (Lipinski definition) is 4. The highest BCUT2D eigenvalue weighted by molar-refractivity contribution is 9.10. The quantitative estimate of drug-likeness (QED) is 0.596. The fourth-order valence-corrected chi connectivity index (χ4v) is 3.26. The van der Waals surface area contributed by atoms with Gasteiger partial charge in [-0.05, 0) is 40.2 Å². The van der Waals surface area contributed by atoms with E-state index in [0.29, 0.717) is 34.5 Å². The number of nitrogens with one attached hydrogen (secondary N) is 3. The first-order valence-electron chi connectivity index (χ1n) is 8.18. The lowest BCUT2D eigenvalue weighted by molar-refractivity contribution is -0.118. The summed E-state index contributed by atoms with van der Waals surface area (Å²) in [5.74, 6) is -0.609. The third kappa shape index (κ3) is 3.28. The van der Waals surface area contributed by atoms with Crippen molar-refractivity contribution in [2.24, 2.45) is 0 Å². The molecular formula is C18H14BrN5O3. The molecule has 1 saturated heterocycles. The van der Waals surface area contributed by atoms with E-state index in [0.717, 1.165) is 9.37 Å². The average molecular weight is 428 g/mol. The molecule has 4 amide bonds. The van der Waals surface area contributed by atoms with Crippen LogP contribution < -0.4 is 15.5 Å². The molecule has 0 bridgehead atoms. The summed E-state index contributed by atoms with van der Waals surface area (Å²) >= 11 is 3.35. The highest BCUT2D eigenvalue weighted by Gasteiger charge is 2.27. The van der Waals surface area contributed by atoms with Gasteiger partial charge in [0.15, 0.2) is 0 Å². The summed E-state index contributed by atoms with van der Waals surface area (Å²) in [6.07, 6.45) is 3.47. The minimum Gasteiger partial charge on any atom is -0.345 e. The molecule has 4 rings (SSSR count). The molecule has 2 aromatic heterocycles. The van der Waals surface area contributed by atoms with Crippen molar-refractivity contribution in [3.05, 3.63) is 52.8 Å². The molecule has 0 unspecified atom stereocenters. The molecule has 0 radical (unpaired) electrons. The van der Waals surface area contributed by atoms with Gasteiger partial charge in [0.25, 0.3) is 5.91 Å². The molecule has 1 fully saturated rings. The number of nitrogens with zero attached hydrogens (tertiary/aromatic N) is 2. The maximum atomic E-state index is 12.7. The number of fused-ring (bicyclic) bond motifs is 1. The number of hydrogen-bond donors (Lipinski definition) is 3. The standard InChI is InChI=1S/C18H14BrN5O3/c19-10-6-13-14(9-22-16(13)21-8-10)17(26)23-11-2-1-3-12(7-11)24-15(25)4-5-20-18(24)27/h1-3,6-9H,4-5H2,(H,20,27)(H,21,22)(H,23,26). The van der Waals surface area contributed by atoms with Crippen LogP contribution in [0.3, 0.4) is 0 Å². The largest absolute Gasteiger partial charge is 0.345 e. The summed E-state index contributed by atoms with van der Waals surface area (Å²) in [6.45, 7) is 0.328. The van der Waals surface area contributed by atoms with E-state index in [1.54, 1.807) is 42.7 Å². The smallest absolute Gasteiger partial charge is 0.328 e. The summed E-state index contributed by atoms with van der Waals surface area (Å²) in [7, 11) is 0. The van der Waals surface area contributed by atoms with Gasteiger partial charge in [-0.1, -0.05) is 6.07 Å². The van der Waals surface area contributed by atoms with Crippen LogP contribution in [-0.2, 0) is 4.79 Å². The van der Waals surface area contributed by atoms with Crippen molar-refractivity contribution in [1.82, 2.24) is 15.3 Å². The fraction of sp³-hybridized carbons (Fsp3) is 0.111. The predicted octanol–water partition coefficient (Wildman–Crippen LogP) is 3.02. The number of pyridine rings is 1. The van der Waals surface area contributed by atoms with Gasteiger partial charge in [0.1, 0.15) is 5.65 Å². The van der Waals surface area contributed by atoms with Gasteiger partial charge in [-0.3, -0.25) is 9.59 Å². The average Bonchev–Trinajstić information content (AvgIpc) is 3.05. The topological polar surface area (TPSA) is 107 Å². The van der Waals surface area contributed by atoms with Crippen LogP contribution in [-0.4, -0.2) is 34.4 Å². The summed E-state index contributed by atoms with van der Waals surface area (Å²) in [5.41, 5.74) is 1.92. The van der Waals surface area contributed by atoms with Gasteiger partial charge in [0, 0.05) is 40.9 Å². The summed E-state index contributed by atoms with van der Waals surface area (Å²) < 4.78 is 0.764. The van der Waals surface area contributed by atoms with Crippen LogP contribution in [0.5, 0.6) is 0 Å². The van der Waals surface area contributed by atoms with E-state index in [1.165, 1.54) is 0 Å². The van der Waals surface area contributed by atoms with Gasteiger partial charge in [0.05, 0.1) is 11.3 Å². The van der Waals surface area contributed by atoms with Crippen LogP contribution >= 0.6 is 15.9 Å². The molecule has 0 aliphatic carbocycles. The van der Waals surface area contributed by atoms with E-state index >= 15 is 0 Å². The zero-order chi connectivity index (χ0) is 19.0. The van der Waals surface area contributed by atoms with E-state index in [1.807, 2.05) is 0 Å². The minimum atomic E-state index is -0.470. The summed E-state index contributed by atoms with van der Waals surface area (Å²) in [4.78, 5) is 45.0.